The summed E-state index contributed by atoms with van der Waals surface area (Å²) in [5, 5.41) is 4.24. The summed E-state index contributed by atoms with van der Waals surface area (Å²) in [6.07, 6.45) is 0. The molecule has 1 aromatic carbocycles. The van der Waals surface area contributed by atoms with Gasteiger partial charge < -0.3 is 14.8 Å². The highest BCUT2D eigenvalue weighted by Gasteiger charge is 2.20. The van der Waals surface area contributed by atoms with Gasteiger partial charge in [0.15, 0.2) is 6.61 Å². The lowest BCUT2D eigenvalue weighted by Crippen LogP contribution is -2.26. The number of carbonyl (C=O) groups is 3. The van der Waals surface area contributed by atoms with Crippen LogP contribution < -0.4 is 10.2 Å². The van der Waals surface area contributed by atoms with Crippen molar-refractivity contribution in [3.8, 4) is 10.4 Å². The topological polar surface area (TPSA) is 104 Å². The van der Waals surface area contributed by atoms with Gasteiger partial charge in [0.1, 0.15) is 11.4 Å². The number of carbonyl (C=O) groups excluding carboxylic acids is 3. The highest BCUT2D eigenvalue weighted by atomic mass is 32.1. The molecule has 3 aromatic rings. The number of hydrogen-bond donors (Lipinski definition) is 1. The largest absolute Gasteiger partial charge is 0.462 e. The van der Waals surface area contributed by atoms with Crippen LogP contribution in [0.1, 0.15) is 22.3 Å². The fourth-order valence-electron chi connectivity index (χ4n) is 2.68. The molecule has 2 aromatic heterocycles. The van der Waals surface area contributed by atoms with Crippen molar-refractivity contribution in [2.24, 2.45) is 0 Å². The summed E-state index contributed by atoms with van der Waals surface area (Å²) >= 11 is 2.18. The van der Waals surface area contributed by atoms with Crippen LogP contribution in [-0.4, -0.2) is 35.6 Å². The normalized spacial score (nSPS) is 10.5. The second kappa shape index (κ2) is 10.2. The first-order valence-corrected chi connectivity index (χ1v) is 11.1. The third-order valence-electron chi connectivity index (χ3n) is 4.15. The second-order valence-corrected chi connectivity index (χ2v) is 8.25. The van der Waals surface area contributed by atoms with Gasteiger partial charge in [-0.1, -0.05) is 41.7 Å². The minimum Gasteiger partial charge on any atom is -0.462 e. The fraction of sp³-hybridized carbons (Fsp3) is 0.238. The molecule has 0 aliphatic heterocycles. The number of benzene rings is 1. The summed E-state index contributed by atoms with van der Waals surface area (Å²) in [6, 6.07) is 11.1. The molecule has 0 bridgehead atoms. The van der Waals surface area contributed by atoms with Crippen molar-refractivity contribution >= 4 is 46.2 Å². The molecule has 0 aliphatic carbocycles. The number of hydrogen-bond acceptors (Lipinski definition) is 8. The Morgan fingerprint density at radius 3 is 2.52 bits per heavy atom. The van der Waals surface area contributed by atoms with Crippen LogP contribution in [0, 0.1) is 6.92 Å². The van der Waals surface area contributed by atoms with Gasteiger partial charge in [0, 0.05) is 16.0 Å². The van der Waals surface area contributed by atoms with Crippen molar-refractivity contribution in [2.75, 3.05) is 18.5 Å². The number of nitrogens with one attached hydrogen (secondary N) is 1. The van der Waals surface area contributed by atoms with Gasteiger partial charge >= 0.3 is 16.8 Å². The molecule has 1 N–H and O–H groups in total. The van der Waals surface area contributed by atoms with Gasteiger partial charge in [0.2, 0.25) is 0 Å². The van der Waals surface area contributed by atoms with E-state index in [4.69, 9.17) is 9.47 Å². The SMILES string of the molecule is CCOC(=O)c1sc(-c2ccccc2)cc1NC(=O)COC(=O)Cn1c(C)csc1=O. The van der Waals surface area contributed by atoms with E-state index in [-0.39, 0.29) is 28.6 Å². The number of aromatic nitrogens is 1. The molecule has 2 heterocycles. The number of aryl methyl sites for hydroxylation is 1. The average Bonchev–Trinajstić information content (AvgIpc) is 3.31. The summed E-state index contributed by atoms with van der Waals surface area (Å²) < 4.78 is 11.3. The number of anilines is 1. The van der Waals surface area contributed by atoms with Gasteiger partial charge in [-0.15, -0.1) is 11.3 Å². The van der Waals surface area contributed by atoms with Crippen molar-refractivity contribution in [3.05, 3.63) is 62.0 Å². The smallest absolute Gasteiger partial charge is 0.350 e. The van der Waals surface area contributed by atoms with E-state index in [2.05, 4.69) is 5.32 Å². The predicted octanol–water partition coefficient (Wildman–Crippen LogP) is 3.31. The third-order valence-corrected chi connectivity index (χ3v) is 6.20. The van der Waals surface area contributed by atoms with E-state index in [9.17, 15) is 19.2 Å². The molecule has 0 saturated carbocycles. The lowest BCUT2D eigenvalue weighted by molar-refractivity contribution is -0.147. The van der Waals surface area contributed by atoms with E-state index in [1.54, 1.807) is 25.3 Å². The summed E-state index contributed by atoms with van der Waals surface area (Å²) in [5.41, 5.74) is 1.82. The number of thiophene rings is 1. The molecule has 0 spiro atoms. The first kappa shape index (κ1) is 22.4. The summed E-state index contributed by atoms with van der Waals surface area (Å²) in [7, 11) is 0. The Hall–Kier alpha value is -3.24. The molecule has 8 nitrogen and oxygen atoms in total. The van der Waals surface area contributed by atoms with Crippen LogP contribution >= 0.6 is 22.7 Å². The molecule has 0 unspecified atom stereocenters. The highest BCUT2D eigenvalue weighted by Crippen LogP contribution is 2.35. The molecule has 0 fully saturated rings. The predicted molar refractivity (Wildman–Crippen MR) is 119 cm³/mol. The van der Waals surface area contributed by atoms with E-state index in [1.165, 1.54) is 15.9 Å². The van der Waals surface area contributed by atoms with Gasteiger partial charge in [-0.05, 0) is 25.5 Å². The minimum absolute atomic E-state index is 0.198. The Kier molecular flexibility index (Phi) is 7.37. The maximum Gasteiger partial charge on any atom is 0.350 e. The highest BCUT2D eigenvalue weighted by molar-refractivity contribution is 7.18. The first-order valence-electron chi connectivity index (χ1n) is 9.35. The van der Waals surface area contributed by atoms with E-state index < -0.39 is 24.5 Å². The van der Waals surface area contributed by atoms with Gasteiger partial charge in [0.25, 0.3) is 5.91 Å². The maximum atomic E-state index is 12.3. The van der Waals surface area contributed by atoms with Crippen LogP contribution in [-0.2, 0) is 25.6 Å². The zero-order valence-corrected chi connectivity index (χ0v) is 18.5. The lowest BCUT2D eigenvalue weighted by atomic mass is 10.2. The van der Waals surface area contributed by atoms with Gasteiger partial charge in [-0.2, -0.15) is 0 Å². The summed E-state index contributed by atoms with van der Waals surface area (Å²) in [4.78, 5) is 49.1. The number of ether oxygens (including phenoxy) is 2. The Morgan fingerprint density at radius 1 is 1.13 bits per heavy atom. The summed E-state index contributed by atoms with van der Waals surface area (Å²) in [6.45, 7) is 2.78. The Bertz CT molecular complexity index is 1150. The van der Waals surface area contributed by atoms with Crippen molar-refractivity contribution < 1.29 is 23.9 Å². The molecule has 0 radical (unpaired) electrons. The molecular formula is C21H20N2O6S2. The number of thiazole rings is 1. The monoisotopic (exact) mass is 460 g/mol. The zero-order chi connectivity index (χ0) is 22.4. The molecule has 162 valence electrons. The molecule has 0 aliphatic rings. The van der Waals surface area contributed by atoms with E-state index >= 15 is 0 Å². The standard InChI is InChI=1S/C21H20N2O6S2/c1-3-28-20(26)19-15(9-16(31-19)14-7-5-4-6-8-14)22-17(24)11-29-18(25)10-23-13(2)12-30-21(23)27/h4-9,12H,3,10-11H2,1-2H3,(H,22,24). The Morgan fingerprint density at radius 2 is 1.87 bits per heavy atom. The van der Waals surface area contributed by atoms with Gasteiger partial charge in [-0.25, -0.2) is 4.79 Å². The Balaban J connectivity index is 1.68. The number of esters is 2. The zero-order valence-electron chi connectivity index (χ0n) is 16.9. The number of nitrogens with zero attached hydrogens (tertiary/aromatic N) is 1. The molecule has 0 saturated heterocycles. The Labute approximate surface area is 186 Å². The minimum atomic E-state index is -0.709. The molecule has 0 atom stereocenters. The molecule has 31 heavy (non-hydrogen) atoms. The van der Waals surface area contributed by atoms with Gasteiger partial charge in [0.05, 0.1) is 12.3 Å². The van der Waals surface area contributed by atoms with Crippen molar-refractivity contribution in [1.29, 1.82) is 0 Å². The average molecular weight is 461 g/mol. The molecule has 1 amide bonds. The quantitative estimate of drug-likeness (QED) is 0.517. The van der Waals surface area contributed by atoms with Gasteiger partial charge in [-0.3, -0.25) is 19.0 Å². The van der Waals surface area contributed by atoms with Crippen molar-refractivity contribution in [2.45, 2.75) is 20.4 Å². The second-order valence-electron chi connectivity index (χ2n) is 6.38. The van der Waals surface area contributed by atoms with Crippen LogP contribution in [0.3, 0.4) is 0 Å². The van der Waals surface area contributed by atoms with E-state index in [0.29, 0.717) is 5.69 Å². The molecular weight excluding hydrogens is 440 g/mol. The van der Waals surface area contributed by atoms with Crippen molar-refractivity contribution in [1.82, 2.24) is 4.57 Å². The maximum absolute atomic E-state index is 12.3. The van der Waals surface area contributed by atoms with Crippen LogP contribution in [0.25, 0.3) is 10.4 Å². The third kappa shape index (κ3) is 5.68. The molecule has 3 rings (SSSR count). The number of rotatable bonds is 8. The van der Waals surface area contributed by atoms with Crippen LogP contribution in [0.5, 0.6) is 0 Å². The van der Waals surface area contributed by atoms with Crippen LogP contribution in [0.4, 0.5) is 5.69 Å². The number of amides is 1. The fourth-order valence-corrected chi connectivity index (χ4v) is 4.43. The van der Waals surface area contributed by atoms with E-state index in [1.807, 2.05) is 30.3 Å². The lowest BCUT2D eigenvalue weighted by Gasteiger charge is -2.08. The van der Waals surface area contributed by atoms with Crippen LogP contribution in [0.15, 0.2) is 46.6 Å². The van der Waals surface area contributed by atoms with Crippen molar-refractivity contribution in [3.63, 3.8) is 0 Å². The van der Waals surface area contributed by atoms with E-state index in [0.717, 1.165) is 21.8 Å². The first-order chi connectivity index (χ1) is 14.9. The summed E-state index contributed by atoms with van der Waals surface area (Å²) in [5.74, 6) is -1.86. The van der Waals surface area contributed by atoms with Crippen LogP contribution in [0.2, 0.25) is 0 Å². The molecule has 10 heteroatoms.